The Bertz CT molecular complexity index is 575. The van der Waals surface area contributed by atoms with E-state index in [0.29, 0.717) is 5.56 Å². The Morgan fingerprint density at radius 2 is 1.74 bits per heavy atom. The number of nitrogens with two attached hydrogens (primary N) is 1. The highest BCUT2D eigenvalue weighted by Gasteiger charge is 2.19. The molecule has 0 heterocycles. The highest BCUT2D eigenvalue weighted by molar-refractivity contribution is 5.38. The van der Waals surface area contributed by atoms with E-state index >= 15 is 0 Å². The van der Waals surface area contributed by atoms with Gasteiger partial charge < -0.3 is 10.5 Å². The van der Waals surface area contributed by atoms with Gasteiger partial charge in [0.15, 0.2) is 0 Å². The zero-order valence-corrected chi connectivity index (χ0v) is 10.8. The van der Waals surface area contributed by atoms with E-state index in [1.165, 1.54) is 7.11 Å². The van der Waals surface area contributed by atoms with Crippen LogP contribution in [0.5, 0.6) is 5.75 Å². The summed E-state index contributed by atoms with van der Waals surface area (Å²) in [6, 6.07) is 8.70. The van der Waals surface area contributed by atoms with E-state index in [1.807, 2.05) is 25.1 Å². The third-order valence-corrected chi connectivity index (χ3v) is 3.00. The van der Waals surface area contributed by atoms with E-state index in [9.17, 15) is 8.78 Å². The summed E-state index contributed by atoms with van der Waals surface area (Å²) in [5, 5.41) is 0. The summed E-state index contributed by atoms with van der Waals surface area (Å²) in [6.07, 6.45) is 0. The molecule has 1 atom stereocenters. The van der Waals surface area contributed by atoms with Crippen LogP contribution in [0.1, 0.15) is 22.7 Å². The predicted octanol–water partition coefficient (Wildman–Crippen LogP) is 3.33. The Morgan fingerprint density at radius 1 is 1.11 bits per heavy atom. The summed E-state index contributed by atoms with van der Waals surface area (Å²) < 4.78 is 32.7. The van der Waals surface area contributed by atoms with Crippen LogP contribution in [0.15, 0.2) is 36.4 Å². The van der Waals surface area contributed by atoms with Gasteiger partial charge >= 0.3 is 0 Å². The van der Waals surface area contributed by atoms with Crippen molar-refractivity contribution in [2.24, 2.45) is 5.73 Å². The van der Waals surface area contributed by atoms with Crippen LogP contribution in [-0.4, -0.2) is 7.11 Å². The largest absolute Gasteiger partial charge is 0.497 e. The highest BCUT2D eigenvalue weighted by Crippen LogP contribution is 2.28. The first-order valence-corrected chi connectivity index (χ1v) is 5.88. The van der Waals surface area contributed by atoms with E-state index < -0.39 is 17.7 Å². The summed E-state index contributed by atoms with van der Waals surface area (Å²) in [6.45, 7) is 1.90. The lowest BCUT2D eigenvalue weighted by Gasteiger charge is -2.15. The molecule has 0 aliphatic heterocycles. The topological polar surface area (TPSA) is 35.2 Å². The maximum Gasteiger partial charge on any atom is 0.134 e. The Hall–Kier alpha value is -1.94. The van der Waals surface area contributed by atoms with Crippen LogP contribution in [-0.2, 0) is 0 Å². The first-order valence-electron chi connectivity index (χ1n) is 5.88. The predicted molar refractivity (Wildman–Crippen MR) is 70.1 cm³/mol. The quantitative estimate of drug-likeness (QED) is 0.921. The summed E-state index contributed by atoms with van der Waals surface area (Å²) in [5.74, 6) is -1.27. The Labute approximate surface area is 110 Å². The van der Waals surface area contributed by atoms with Gasteiger partial charge in [-0.3, -0.25) is 0 Å². The van der Waals surface area contributed by atoms with Crippen molar-refractivity contribution in [1.82, 2.24) is 0 Å². The molecule has 1 unspecified atom stereocenters. The van der Waals surface area contributed by atoms with Crippen LogP contribution in [0.25, 0.3) is 0 Å². The summed E-state index contributed by atoms with van der Waals surface area (Å²) in [7, 11) is 1.36. The molecule has 0 aliphatic rings. The number of rotatable bonds is 3. The van der Waals surface area contributed by atoms with Crippen LogP contribution >= 0.6 is 0 Å². The molecular weight excluding hydrogens is 248 g/mol. The minimum absolute atomic E-state index is 0.134. The number of ether oxygens (including phenoxy) is 1. The number of hydrogen-bond acceptors (Lipinski definition) is 2. The average Bonchev–Trinajstić information content (AvgIpc) is 2.37. The zero-order valence-electron chi connectivity index (χ0n) is 10.8. The molecule has 100 valence electrons. The molecule has 19 heavy (non-hydrogen) atoms. The van der Waals surface area contributed by atoms with Gasteiger partial charge in [0.25, 0.3) is 0 Å². The van der Waals surface area contributed by atoms with Crippen LogP contribution in [0, 0.1) is 18.6 Å². The van der Waals surface area contributed by atoms with E-state index in [2.05, 4.69) is 0 Å². The molecule has 0 fully saturated rings. The van der Waals surface area contributed by atoms with Gasteiger partial charge in [0, 0.05) is 17.7 Å². The standard InChI is InChI=1S/C15H15F2NO/c1-9-4-3-5-10(6-9)15(18)14-12(16)7-11(19-2)8-13(14)17/h3-8,15H,18H2,1-2H3. The van der Waals surface area contributed by atoms with Gasteiger partial charge in [-0.2, -0.15) is 0 Å². The number of aryl methyl sites for hydroxylation is 1. The molecule has 2 N–H and O–H groups in total. The molecule has 0 saturated heterocycles. The third-order valence-electron chi connectivity index (χ3n) is 3.00. The second-order valence-electron chi connectivity index (χ2n) is 4.40. The van der Waals surface area contributed by atoms with Crippen molar-refractivity contribution in [3.63, 3.8) is 0 Å². The summed E-state index contributed by atoms with van der Waals surface area (Å²) in [5.41, 5.74) is 7.47. The van der Waals surface area contributed by atoms with Gasteiger partial charge in [0.2, 0.25) is 0 Å². The lowest BCUT2D eigenvalue weighted by molar-refractivity contribution is 0.404. The maximum absolute atomic E-state index is 13.9. The van der Waals surface area contributed by atoms with Crippen LogP contribution in [0.3, 0.4) is 0 Å². The number of benzene rings is 2. The lowest BCUT2D eigenvalue weighted by atomic mass is 9.97. The van der Waals surface area contributed by atoms with Crippen LogP contribution in [0.4, 0.5) is 8.78 Å². The van der Waals surface area contributed by atoms with Gasteiger partial charge in [-0.15, -0.1) is 0 Å². The van der Waals surface area contributed by atoms with Crippen molar-refractivity contribution >= 4 is 0 Å². The molecule has 0 aromatic heterocycles. The fourth-order valence-electron chi connectivity index (χ4n) is 2.01. The minimum Gasteiger partial charge on any atom is -0.497 e. The average molecular weight is 263 g/mol. The SMILES string of the molecule is COc1cc(F)c(C(N)c2cccc(C)c2)c(F)c1. The molecule has 2 nitrogen and oxygen atoms in total. The first-order chi connectivity index (χ1) is 9.02. The molecule has 0 amide bonds. The van der Waals surface area contributed by atoms with Crippen molar-refractivity contribution in [2.75, 3.05) is 7.11 Å². The Balaban J connectivity index is 2.47. The molecule has 2 rings (SSSR count). The van der Waals surface area contributed by atoms with Crippen molar-refractivity contribution in [3.8, 4) is 5.75 Å². The van der Waals surface area contributed by atoms with E-state index in [1.54, 1.807) is 6.07 Å². The van der Waals surface area contributed by atoms with Gasteiger partial charge in [0.1, 0.15) is 17.4 Å². The van der Waals surface area contributed by atoms with Crippen LogP contribution < -0.4 is 10.5 Å². The van der Waals surface area contributed by atoms with E-state index in [-0.39, 0.29) is 11.3 Å². The maximum atomic E-state index is 13.9. The Kier molecular flexibility index (Phi) is 3.81. The van der Waals surface area contributed by atoms with Crippen molar-refractivity contribution in [2.45, 2.75) is 13.0 Å². The second-order valence-corrected chi connectivity index (χ2v) is 4.40. The number of hydrogen-bond donors (Lipinski definition) is 1. The fraction of sp³-hybridized carbons (Fsp3) is 0.200. The Morgan fingerprint density at radius 3 is 2.26 bits per heavy atom. The fourth-order valence-corrected chi connectivity index (χ4v) is 2.01. The normalized spacial score (nSPS) is 12.3. The molecule has 2 aromatic carbocycles. The zero-order chi connectivity index (χ0) is 14.0. The minimum atomic E-state index is -0.842. The molecular formula is C15H15F2NO. The van der Waals surface area contributed by atoms with Gasteiger partial charge in [-0.05, 0) is 12.5 Å². The van der Waals surface area contributed by atoms with E-state index in [4.69, 9.17) is 10.5 Å². The highest BCUT2D eigenvalue weighted by atomic mass is 19.1. The smallest absolute Gasteiger partial charge is 0.134 e. The van der Waals surface area contributed by atoms with Gasteiger partial charge in [0.05, 0.1) is 13.2 Å². The van der Waals surface area contributed by atoms with Gasteiger partial charge in [-0.25, -0.2) is 8.78 Å². The first kappa shape index (κ1) is 13.5. The van der Waals surface area contributed by atoms with Crippen LogP contribution in [0.2, 0.25) is 0 Å². The summed E-state index contributed by atoms with van der Waals surface area (Å²) >= 11 is 0. The van der Waals surface area contributed by atoms with Crippen molar-refractivity contribution < 1.29 is 13.5 Å². The third kappa shape index (κ3) is 2.74. The molecule has 0 aliphatic carbocycles. The van der Waals surface area contributed by atoms with E-state index in [0.717, 1.165) is 17.7 Å². The molecule has 0 spiro atoms. The molecule has 0 bridgehead atoms. The number of methoxy groups -OCH3 is 1. The lowest BCUT2D eigenvalue weighted by Crippen LogP contribution is -2.16. The molecule has 0 radical (unpaired) electrons. The summed E-state index contributed by atoms with van der Waals surface area (Å²) in [4.78, 5) is 0. The molecule has 4 heteroatoms. The monoisotopic (exact) mass is 263 g/mol. The van der Waals surface area contributed by atoms with Crippen molar-refractivity contribution in [1.29, 1.82) is 0 Å². The molecule has 2 aromatic rings. The second kappa shape index (κ2) is 5.36. The number of halogens is 2. The van der Waals surface area contributed by atoms with Gasteiger partial charge in [-0.1, -0.05) is 29.8 Å². The molecule has 0 saturated carbocycles. The van der Waals surface area contributed by atoms with Crippen molar-refractivity contribution in [3.05, 3.63) is 64.7 Å².